The number of aliphatic carboxylic acids is 1. The number of carboxylic acids is 1. The van der Waals surface area contributed by atoms with Crippen LogP contribution < -0.4 is 10.6 Å². The fourth-order valence-corrected chi connectivity index (χ4v) is 1.98. The van der Waals surface area contributed by atoms with Gasteiger partial charge in [0, 0.05) is 17.8 Å². The van der Waals surface area contributed by atoms with Gasteiger partial charge in [-0.25, -0.2) is 9.59 Å². The third-order valence-corrected chi connectivity index (χ3v) is 2.91. The van der Waals surface area contributed by atoms with Crippen molar-refractivity contribution < 1.29 is 14.7 Å². The van der Waals surface area contributed by atoms with Crippen LogP contribution in [-0.4, -0.2) is 23.1 Å². The fraction of sp³-hybridized carbons (Fsp3) is 0.200. The van der Waals surface area contributed by atoms with E-state index >= 15 is 0 Å². The molecule has 0 radical (unpaired) electrons. The van der Waals surface area contributed by atoms with Crippen molar-refractivity contribution in [1.29, 1.82) is 0 Å². The quantitative estimate of drug-likeness (QED) is 0.582. The summed E-state index contributed by atoms with van der Waals surface area (Å²) in [5.74, 6) is -1.00. The van der Waals surface area contributed by atoms with Crippen LogP contribution in [0.15, 0.2) is 42.5 Å². The highest BCUT2D eigenvalue weighted by Crippen LogP contribution is 2.13. The summed E-state index contributed by atoms with van der Waals surface area (Å²) < 4.78 is 0. The standard InChI is InChI=1S/C15H16N2O3/c18-14(19)9-8-11-4-3-7-13(10-11)17-15(20)16-12-5-1-2-6-12/h1-4,7-10,12H,5-6H2,(H,18,19)(H2,16,17,20)/b9-8+. The van der Waals surface area contributed by atoms with Crippen LogP contribution in [0.4, 0.5) is 10.5 Å². The summed E-state index contributed by atoms with van der Waals surface area (Å²) in [6, 6.07) is 6.90. The van der Waals surface area contributed by atoms with Crippen LogP contribution in [0.3, 0.4) is 0 Å². The maximum Gasteiger partial charge on any atom is 0.328 e. The molecule has 0 heterocycles. The molecule has 0 fully saturated rings. The van der Waals surface area contributed by atoms with Gasteiger partial charge in [-0.15, -0.1) is 0 Å². The second kappa shape index (κ2) is 6.56. The first-order valence-corrected chi connectivity index (χ1v) is 6.37. The smallest absolute Gasteiger partial charge is 0.328 e. The Labute approximate surface area is 117 Å². The lowest BCUT2D eigenvalue weighted by Crippen LogP contribution is -2.36. The highest BCUT2D eigenvalue weighted by atomic mass is 16.4. The molecule has 1 aromatic rings. The number of urea groups is 1. The van der Waals surface area contributed by atoms with Crippen molar-refractivity contribution >= 4 is 23.8 Å². The van der Waals surface area contributed by atoms with Crippen LogP contribution >= 0.6 is 0 Å². The zero-order valence-corrected chi connectivity index (χ0v) is 10.9. The molecule has 104 valence electrons. The van der Waals surface area contributed by atoms with Gasteiger partial charge < -0.3 is 15.7 Å². The second-order valence-corrected chi connectivity index (χ2v) is 4.54. The van der Waals surface area contributed by atoms with Crippen LogP contribution in [0.1, 0.15) is 18.4 Å². The summed E-state index contributed by atoms with van der Waals surface area (Å²) in [6.45, 7) is 0. The second-order valence-electron chi connectivity index (χ2n) is 4.54. The topological polar surface area (TPSA) is 78.4 Å². The van der Waals surface area contributed by atoms with E-state index in [1.807, 2.05) is 12.2 Å². The van der Waals surface area contributed by atoms with Crippen LogP contribution in [0.25, 0.3) is 6.08 Å². The molecule has 0 bridgehead atoms. The first-order chi connectivity index (χ1) is 9.63. The first kappa shape index (κ1) is 13.9. The average molecular weight is 272 g/mol. The van der Waals surface area contributed by atoms with Gasteiger partial charge in [-0.05, 0) is 36.6 Å². The van der Waals surface area contributed by atoms with Gasteiger partial charge in [0.2, 0.25) is 0 Å². The molecular formula is C15H16N2O3. The highest BCUT2D eigenvalue weighted by Gasteiger charge is 2.12. The third-order valence-electron chi connectivity index (χ3n) is 2.91. The first-order valence-electron chi connectivity index (χ1n) is 6.37. The normalized spacial score (nSPS) is 14.6. The Balaban J connectivity index is 1.93. The summed E-state index contributed by atoms with van der Waals surface area (Å²) in [7, 11) is 0. The summed E-state index contributed by atoms with van der Waals surface area (Å²) in [5.41, 5.74) is 1.34. The molecule has 2 rings (SSSR count). The predicted octanol–water partition coefficient (Wildman–Crippen LogP) is 2.62. The van der Waals surface area contributed by atoms with E-state index in [1.165, 1.54) is 6.08 Å². The lowest BCUT2D eigenvalue weighted by atomic mass is 10.2. The van der Waals surface area contributed by atoms with Crippen molar-refractivity contribution in [3.8, 4) is 0 Å². The van der Waals surface area contributed by atoms with E-state index < -0.39 is 5.97 Å². The molecule has 3 N–H and O–H groups in total. The number of nitrogens with one attached hydrogen (secondary N) is 2. The third kappa shape index (κ3) is 4.28. The van der Waals surface area contributed by atoms with Crippen molar-refractivity contribution in [3.05, 3.63) is 48.1 Å². The van der Waals surface area contributed by atoms with Gasteiger partial charge >= 0.3 is 12.0 Å². The molecule has 0 saturated heterocycles. The van der Waals surface area contributed by atoms with Crippen LogP contribution in [0.5, 0.6) is 0 Å². The summed E-state index contributed by atoms with van der Waals surface area (Å²) >= 11 is 0. The minimum atomic E-state index is -1.00. The summed E-state index contributed by atoms with van der Waals surface area (Å²) in [5, 5.41) is 14.2. The van der Waals surface area contributed by atoms with Crippen molar-refractivity contribution in [2.75, 3.05) is 5.32 Å². The Morgan fingerprint density at radius 1 is 1.25 bits per heavy atom. The molecule has 20 heavy (non-hydrogen) atoms. The maximum atomic E-state index is 11.8. The zero-order valence-electron chi connectivity index (χ0n) is 10.9. The van der Waals surface area contributed by atoms with Gasteiger partial charge in [-0.2, -0.15) is 0 Å². The lowest BCUT2D eigenvalue weighted by molar-refractivity contribution is -0.131. The Morgan fingerprint density at radius 3 is 2.70 bits per heavy atom. The van der Waals surface area contributed by atoms with E-state index in [-0.39, 0.29) is 12.1 Å². The predicted molar refractivity (Wildman–Crippen MR) is 77.4 cm³/mol. The number of benzene rings is 1. The minimum Gasteiger partial charge on any atom is -0.478 e. The summed E-state index contributed by atoms with van der Waals surface area (Å²) in [6.07, 6.45) is 8.34. The number of carbonyl (C=O) groups is 2. The number of hydrogen-bond donors (Lipinski definition) is 3. The monoisotopic (exact) mass is 272 g/mol. The van der Waals surface area contributed by atoms with E-state index in [0.717, 1.165) is 18.9 Å². The lowest BCUT2D eigenvalue weighted by Gasteiger charge is -2.13. The molecule has 1 aliphatic rings. The number of anilines is 1. The van der Waals surface area contributed by atoms with Gasteiger partial charge in [-0.1, -0.05) is 24.3 Å². The van der Waals surface area contributed by atoms with E-state index in [1.54, 1.807) is 24.3 Å². The molecule has 0 saturated carbocycles. The number of amides is 2. The van der Waals surface area contributed by atoms with Crippen LogP contribution in [0.2, 0.25) is 0 Å². The van der Waals surface area contributed by atoms with E-state index in [9.17, 15) is 9.59 Å². The number of carboxylic acid groups (broad SMARTS) is 1. The summed E-state index contributed by atoms with van der Waals surface area (Å²) in [4.78, 5) is 22.2. The maximum absolute atomic E-state index is 11.8. The zero-order chi connectivity index (χ0) is 14.4. The molecule has 2 amide bonds. The van der Waals surface area contributed by atoms with Crippen molar-refractivity contribution in [1.82, 2.24) is 5.32 Å². The van der Waals surface area contributed by atoms with Crippen molar-refractivity contribution in [2.24, 2.45) is 0 Å². The number of hydrogen-bond acceptors (Lipinski definition) is 2. The van der Waals surface area contributed by atoms with E-state index in [2.05, 4.69) is 10.6 Å². The van der Waals surface area contributed by atoms with Gasteiger partial charge in [-0.3, -0.25) is 0 Å². The molecule has 0 atom stereocenters. The average Bonchev–Trinajstić information content (AvgIpc) is 2.89. The Kier molecular flexibility index (Phi) is 4.55. The van der Waals surface area contributed by atoms with Crippen LogP contribution in [-0.2, 0) is 4.79 Å². The number of carbonyl (C=O) groups excluding carboxylic acids is 1. The largest absolute Gasteiger partial charge is 0.478 e. The van der Waals surface area contributed by atoms with Crippen molar-refractivity contribution in [3.63, 3.8) is 0 Å². The molecule has 1 aromatic carbocycles. The minimum absolute atomic E-state index is 0.157. The Hall–Kier alpha value is -2.56. The number of rotatable bonds is 4. The molecule has 5 nitrogen and oxygen atoms in total. The Morgan fingerprint density at radius 2 is 2.00 bits per heavy atom. The van der Waals surface area contributed by atoms with Crippen LogP contribution in [0, 0.1) is 0 Å². The molecular weight excluding hydrogens is 256 g/mol. The molecule has 5 heteroatoms. The molecule has 0 aromatic heterocycles. The van der Waals surface area contributed by atoms with E-state index in [0.29, 0.717) is 11.3 Å². The van der Waals surface area contributed by atoms with Gasteiger partial charge in [0.05, 0.1) is 0 Å². The van der Waals surface area contributed by atoms with E-state index in [4.69, 9.17) is 5.11 Å². The highest BCUT2D eigenvalue weighted by molar-refractivity contribution is 5.90. The SMILES string of the molecule is O=C(O)/C=C/c1cccc(NC(=O)NC2CC=CC2)c1. The Bertz CT molecular complexity index is 556. The van der Waals surface area contributed by atoms with Gasteiger partial charge in [0.1, 0.15) is 0 Å². The molecule has 0 unspecified atom stereocenters. The van der Waals surface area contributed by atoms with Crippen molar-refractivity contribution in [2.45, 2.75) is 18.9 Å². The molecule has 1 aliphatic carbocycles. The molecule has 0 aliphatic heterocycles. The molecule has 0 spiro atoms. The van der Waals surface area contributed by atoms with Gasteiger partial charge in [0.25, 0.3) is 0 Å². The fourth-order valence-electron chi connectivity index (χ4n) is 1.98. The van der Waals surface area contributed by atoms with Gasteiger partial charge in [0.15, 0.2) is 0 Å².